The molecular formula is C17H11ClF6N2O3. The molecule has 0 aromatic heterocycles. The topological polar surface area (TPSA) is 96.3 Å². The van der Waals surface area contributed by atoms with Gasteiger partial charge in [0.05, 0.1) is 16.7 Å². The van der Waals surface area contributed by atoms with Crippen molar-refractivity contribution >= 4 is 17.6 Å². The number of aliphatic carboxylic acids is 1. The van der Waals surface area contributed by atoms with Crippen LogP contribution >= 0.6 is 11.6 Å². The van der Waals surface area contributed by atoms with Crippen LogP contribution in [0.15, 0.2) is 30.3 Å². The molecule has 0 saturated heterocycles. The molecule has 0 bridgehead atoms. The number of hydrogen-bond donors (Lipinski definition) is 2. The third-order valence-corrected chi connectivity index (χ3v) is 3.42. The SMILES string of the molecule is N#Cc1cc(Oc2c(Cl)ccc(CN)c2F)cc(C(F)F)c1.O=C(O)C(F)(F)F. The maximum absolute atomic E-state index is 14.2. The zero-order chi connectivity index (χ0) is 22.4. The van der Waals surface area contributed by atoms with Gasteiger partial charge in [-0.15, -0.1) is 0 Å². The maximum atomic E-state index is 14.2. The molecule has 3 N–H and O–H groups in total. The molecule has 0 radical (unpaired) electrons. The molecule has 0 aliphatic heterocycles. The Hall–Kier alpha value is -2.97. The number of halogens is 7. The highest BCUT2D eigenvalue weighted by atomic mass is 35.5. The Morgan fingerprint density at radius 1 is 1.28 bits per heavy atom. The largest absolute Gasteiger partial charge is 0.490 e. The van der Waals surface area contributed by atoms with Gasteiger partial charge in [-0.1, -0.05) is 17.7 Å². The first-order valence-electron chi connectivity index (χ1n) is 7.38. The fourth-order valence-electron chi connectivity index (χ4n) is 1.81. The molecule has 29 heavy (non-hydrogen) atoms. The maximum Gasteiger partial charge on any atom is 0.490 e. The van der Waals surface area contributed by atoms with Crippen LogP contribution in [0.25, 0.3) is 0 Å². The number of nitrogens with two attached hydrogens (primary N) is 1. The second kappa shape index (κ2) is 9.99. The van der Waals surface area contributed by atoms with E-state index in [0.717, 1.165) is 12.1 Å². The first kappa shape index (κ1) is 24.1. The lowest BCUT2D eigenvalue weighted by Gasteiger charge is -2.12. The molecular weight excluding hydrogens is 430 g/mol. The van der Waals surface area contributed by atoms with Gasteiger partial charge >= 0.3 is 12.1 Å². The van der Waals surface area contributed by atoms with E-state index in [-0.39, 0.29) is 34.2 Å². The molecule has 0 aliphatic carbocycles. The summed E-state index contributed by atoms with van der Waals surface area (Å²) in [7, 11) is 0. The van der Waals surface area contributed by atoms with Gasteiger partial charge in [0, 0.05) is 17.7 Å². The van der Waals surface area contributed by atoms with Crippen LogP contribution in [-0.4, -0.2) is 17.3 Å². The number of nitriles is 1. The Morgan fingerprint density at radius 2 is 1.86 bits per heavy atom. The van der Waals surface area contributed by atoms with Gasteiger partial charge in [0.2, 0.25) is 0 Å². The molecule has 0 unspecified atom stereocenters. The summed E-state index contributed by atoms with van der Waals surface area (Å²) in [5, 5.41) is 16.0. The molecule has 0 fully saturated rings. The summed E-state index contributed by atoms with van der Waals surface area (Å²) in [6.07, 6.45) is -7.87. The lowest BCUT2D eigenvalue weighted by atomic mass is 10.1. The lowest BCUT2D eigenvalue weighted by molar-refractivity contribution is -0.192. The molecule has 0 atom stereocenters. The number of carbonyl (C=O) groups is 1. The van der Waals surface area contributed by atoms with Crippen LogP contribution in [0.3, 0.4) is 0 Å². The van der Waals surface area contributed by atoms with E-state index < -0.39 is 30.0 Å². The molecule has 5 nitrogen and oxygen atoms in total. The van der Waals surface area contributed by atoms with E-state index in [1.807, 2.05) is 0 Å². The average molecular weight is 441 g/mol. The molecule has 12 heteroatoms. The van der Waals surface area contributed by atoms with Crippen molar-refractivity contribution in [1.29, 1.82) is 5.26 Å². The van der Waals surface area contributed by atoms with Crippen molar-refractivity contribution in [3.05, 3.63) is 57.9 Å². The monoisotopic (exact) mass is 440 g/mol. The van der Waals surface area contributed by atoms with Crippen LogP contribution in [0.4, 0.5) is 26.3 Å². The van der Waals surface area contributed by atoms with Crippen molar-refractivity contribution in [2.24, 2.45) is 5.73 Å². The molecule has 2 aromatic rings. The molecule has 0 aliphatic rings. The van der Waals surface area contributed by atoms with Crippen molar-refractivity contribution in [1.82, 2.24) is 0 Å². The minimum atomic E-state index is -5.08. The van der Waals surface area contributed by atoms with Gasteiger partial charge in [-0.3, -0.25) is 0 Å². The Labute approximate surface area is 164 Å². The van der Waals surface area contributed by atoms with Crippen LogP contribution in [0.2, 0.25) is 5.02 Å². The van der Waals surface area contributed by atoms with Crippen molar-refractivity contribution in [3.8, 4) is 17.6 Å². The number of carboxylic acid groups (broad SMARTS) is 1. The number of carboxylic acids is 1. The molecule has 0 saturated carbocycles. The van der Waals surface area contributed by atoms with E-state index in [4.69, 9.17) is 37.2 Å². The average Bonchev–Trinajstić information content (AvgIpc) is 2.64. The van der Waals surface area contributed by atoms with E-state index in [0.29, 0.717) is 0 Å². The minimum Gasteiger partial charge on any atom is -0.475 e. The summed E-state index contributed by atoms with van der Waals surface area (Å²) < 4.78 is 76.8. The zero-order valence-electron chi connectivity index (χ0n) is 14.1. The Balaban J connectivity index is 0.000000516. The van der Waals surface area contributed by atoms with Crippen molar-refractivity contribution in [3.63, 3.8) is 0 Å². The highest BCUT2D eigenvalue weighted by Crippen LogP contribution is 2.35. The normalized spacial score (nSPS) is 10.8. The highest BCUT2D eigenvalue weighted by Gasteiger charge is 2.38. The summed E-state index contributed by atoms with van der Waals surface area (Å²) in [6, 6.07) is 7.81. The fourth-order valence-corrected chi connectivity index (χ4v) is 2.00. The van der Waals surface area contributed by atoms with Gasteiger partial charge in [-0.25, -0.2) is 18.0 Å². The first-order valence-corrected chi connectivity index (χ1v) is 7.76. The fraction of sp³-hybridized carbons (Fsp3) is 0.176. The van der Waals surface area contributed by atoms with E-state index >= 15 is 0 Å². The minimum absolute atomic E-state index is 0.0284. The summed E-state index contributed by atoms with van der Waals surface area (Å²) in [4.78, 5) is 8.90. The van der Waals surface area contributed by atoms with Crippen LogP contribution in [0.1, 0.15) is 23.1 Å². The van der Waals surface area contributed by atoms with Crippen LogP contribution in [-0.2, 0) is 11.3 Å². The number of nitrogens with zero attached hydrogens (tertiary/aromatic N) is 1. The molecule has 0 heterocycles. The standard InChI is InChI=1S/C15H10ClF3N2O.C2HF3O2/c16-12-2-1-9(7-21)13(17)14(12)22-11-4-8(6-20)3-10(5-11)15(18)19;3-2(4,5)1(6)7/h1-5,15H,7,21H2;(H,6,7). The van der Waals surface area contributed by atoms with Gasteiger partial charge < -0.3 is 15.6 Å². The number of rotatable bonds is 4. The summed E-state index contributed by atoms with van der Waals surface area (Å²) >= 11 is 5.87. The summed E-state index contributed by atoms with van der Waals surface area (Å²) in [5.74, 6) is -3.95. The predicted molar refractivity (Wildman–Crippen MR) is 89.2 cm³/mol. The van der Waals surface area contributed by atoms with Gasteiger partial charge in [0.1, 0.15) is 5.75 Å². The van der Waals surface area contributed by atoms with Gasteiger partial charge in [-0.05, 0) is 24.3 Å². The van der Waals surface area contributed by atoms with Gasteiger partial charge in [0.15, 0.2) is 11.6 Å². The molecule has 0 spiro atoms. The molecule has 2 aromatic carbocycles. The third kappa shape index (κ3) is 6.85. The second-order valence-electron chi connectivity index (χ2n) is 5.16. The first-order chi connectivity index (χ1) is 13.4. The predicted octanol–water partition coefficient (Wildman–Crippen LogP) is 5.17. The number of ether oxygens (including phenoxy) is 1. The molecule has 156 valence electrons. The lowest BCUT2D eigenvalue weighted by Crippen LogP contribution is -2.21. The van der Waals surface area contributed by atoms with Gasteiger partial charge in [0.25, 0.3) is 6.43 Å². The quantitative estimate of drug-likeness (QED) is 0.639. The molecule has 2 rings (SSSR count). The Bertz CT molecular complexity index is 929. The van der Waals surface area contributed by atoms with E-state index in [9.17, 15) is 26.3 Å². The van der Waals surface area contributed by atoms with Crippen molar-refractivity contribution in [2.45, 2.75) is 19.1 Å². The number of alkyl halides is 5. The summed E-state index contributed by atoms with van der Waals surface area (Å²) in [5.41, 5.74) is 5.13. The van der Waals surface area contributed by atoms with Crippen LogP contribution in [0, 0.1) is 17.1 Å². The van der Waals surface area contributed by atoms with Crippen molar-refractivity contribution < 1.29 is 41.0 Å². The van der Waals surface area contributed by atoms with Gasteiger partial charge in [-0.2, -0.15) is 18.4 Å². The summed E-state index contributed by atoms with van der Waals surface area (Å²) in [6.45, 7) is -0.0696. The third-order valence-electron chi connectivity index (χ3n) is 3.12. The second-order valence-corrected chi connectivity index (χ2v) is 5.57. The Kier molecular flexibility index (Phi) is 8.29. The van der Waals surface area contributed by atoms with Crippen molar-refractivity contribution in [2.75, 3.05) is 0 Å². The molecule has 0 amide bonds. The van der Waals surface area contributed by atoms with E-state index in [1.165, 1.54) is 18.2 Å². The zero-order valence-corrected chi connectivity index (χ0v) is 14.9. The number of benzene rings is 2. The smallest absolute Gasteiger partial charge is 0.475 e. The Morgan fingerprint density at radius 3 is 2.31 bits per heavy atom. The van der Waals surface area contributed by atoms with Crippen LogP contribution < -0.4 is 10.5 Å². The van der Waals surface area contributed by atoms with E-state index in [1.54, 1.807) is 6.07 Å². The van der Waals surface area contributed by atoms with E-state index in [2.05, 4.69) is 0 Å². The van der Waals surface area contributed by atoms with Crippen LogP contribution in [0.5, 0.6) is 11.5 Å². The highest BCUT2D eigenvalue weighted by molar-refractivity contribution is 6.32. The number of hydrogen-bond acceptors (Lipinski definition) is 4.